The van der Waals surface area contributed by atoms with Gasteiger partial charge in [-0.3, -0.25) is 0 Å². The van der Waals surface area contributed by atoms with Crippen LogP contribution in [-0.4, -0.2) is 0 Å². The standard InChI is InChI=1S/C32H30N/c1-18-9-7-12-27-23(18)15-26-30-29-25(32(33(27)30)16-19(2)21(4)20(3)17-32)14-13-22-10-8-11-24(28(22)29)31(26,5)6/h7-16H,17H2,1-6H3/q+1. The molecule has 0 saturated heterocycles. The van der Waals surface area contributed by atoms with E-state index in [2.05, 4.69) is 107 Å². The van der Waals surface area contributed by atoms with Gasteiger partial charge in [-0.2, -0.15) is 4.57 Å². The topological polar surface area (TPSA) is 3.88 Å². The van der Waals surface area contributed by atoms with Gasteiger partial charge in [-0.05, 0) is 67.5 Å². The number of fused-ring (bicyclic) bond motifs is 4. The molecule has 1 aromatic heterocycles. The fraction of sp³-hybridized carbons (Fsp3) is 0.281. The van der Waals surface area contributed by atoms with Crippen LogP contribution in [0.3, 0.4) is 0 Å². The molecule has 162 valence electrons. The molecular weight excluding hydrogens is 398 g/mol. The number of pyridine rings is 1. The molecule has 3 aliphatic rings. The van der Waals surface area contributed by atoms with Gasteiger partial charge in [0.2, 0.25) is 16.7 Å². The van der Waals surface area contributed by atoms with Crippen molar-refractivity contribution in [3.8, 4) is 11.3 Å². The molecule has 1 nitrogen and oxygen atoms in total. The van der Waals surface area contributed by atoms with Crippen LogP contribution in [0.25, 0.3) is 32.9 Å². The fourth-order valence-electron chi connectivity index (χ4n) is 7.12. The minimum Gasteiger partial charge on any atom is -0.177 e. The number of hydrogen-bond acceptors (Lipinski definition) is 0. The van der Waals surface area contributed by atoms with Crippen LogP contribution in [0.1, 0.15) is 63.3 Å². The summed E-state index contributed by atoms with van der Waals surface area (Å²) in [5.74, 6) is 0. The Morgan fingerprint density at radius 1 is 0.818 bits per heavy atom. The van der Waals surface area contributed by atoms with Crippen LogP contribution in [0.5, 0.6) is 0 Å². The van der Waals surface area contributed by atoms with Gasteiger partial charge >= 0.3 is 0 Å². The van der Waals surface area contributed by atoms with Gasteiger partial charge in [-0.1, -0.05) is 61.9 Å². The number of aryl methyl sites for hydroxylation is 1. The highest BCUT2D eigenvalue weighted by Crippen LogP contribution is 2.56. The van der Waals surface area contributed by atoms with Gasteiger partial charge in [-0.25, -0.2) is 0 Å². The summed E-state index contributed by atoms with van der Waals surface area (Å²) in [5.41, 5.74) is 14.1. The molecule has 33 heavy (non-hydrogen) atoms. The molecule has 4 aromatic rings. The first kappa shape index (κ1) is 19.3. The maximum atomic E-state index is 2.73. The van der Waals surface area contributed by atoms with Gasteiger partial charge in [0.05, 0.1) is 5.56 Å². The zero-order chi connectivity index (χ0) is 22.9. The molecule has 2 aliphatic carbocycles. The van der Waals surface area contributed by atoms with E-state index in [0.717, 1.165) is 6.42 Å². The number of nitrogens with zero attached hydrogens (tertiary/aromatic N) is 1. The summed E-state index contributed by atoms with van der Waals surface area (Å²) in [6.07, 6.45) is 3.60. The molecule has 1 atom stereocenters. The van der Waals surface area contributed by atoms with E-state index >= 15 is 0 Å². The van der Waals surface area contributed by atoms with E-state index in [4.69, 9.17) is 0 Å². The molecular formula is C32H30N+. The average Bonchev–Trinajstić information content (AvgIpc) is 3.06. The number of rotatable bonds is 0. The first-order chi connectivity index (χ1) is 15.8. The van der Waals surface area contributed by atoms with E-state index < -0.39 is 0 Å². The van der Waals surface area contributed by atoms with Crippen molar-refractivity contribution in [1.82, 2.24) is 0 Å². The van der Waals surface area contributed by atoms with E-state index in [1.54, 1.807) is 0 Å². The Morgan fingerprint density at radius 3 is 2.39 bits per heavy atom. The molecule has 0 bridgehead atoms. The zero-order valence-corrected chi connectivity index (χ0v) is 20.4. The van der Waals surface area contributed by atoms with Crippen molar-refractivity contribution in [2.24, 2.45) is 0 Å². The molecule has 1 heteroatoms. The van der Waals surface area contributed by atoms with Crippen molar-refractivity contribution in [1.29, 1.82) is 0 Å². The Balaban J connectivity index is 1.79. The molecule has 0 fully saturated rings. The first-order valence-corrected chi connectivity index (χ1v) is 12.2. The normalized spacial score (nSPS) is 21.9. The SMILES string of the molecule is CC1=CC2(CC(C)=C1C)c1ccc3cccc4c3c1-c1c(cc3c(C)cccc3[n+]12)C4(C)C. The number of allylic oxidation sites excluding steroid dienone is 4. The number of benzene rings is 3. The van der Waals surface area contributed by atoms with Gasteiger partial charge in [0.15, 0.2) is 0 Å². The Labute approximate surface area is 196 Å². The number of hydrogen-bond donors (Lipinski definition) is 0. The average molecular weight is 429 g/mol. The van der Waals surface area contributed by atoms with E-state index in [9.17, 15) is 0 Å². The van der Waals surface area contributed by atoms with Crippen molar-refractivity contribution >= 4 is 21.7 Å². The lowest BCUT2D eigenvalue weighted by Crippen LogP contribution is -2.56. The second-order valence-corrected chi connectivity index (χ2v) is 11.1. The van der Waals surface area contributed by atoms with E-state index in [1.165, 1.54) is 71.9 Å². The monoisotopic (exact) mass is 428 g/mol. The maximum absolute atomic E-state index is 2.73. The Hall–Kier alpha value is -3.19. The molecule has 0 N–H and O–H groups in total. The molecule has 2 heterocycles. The summed E-state index contributed by atoms with van der Waals surface area (Å²) >= 11 is 0. The highest BCUT2D eigenvalue weighted by Gasteiger charge is 2.56. The summed E-state index contributed by atoms with van der Waals surface area (Å²) in [4.78, 5) is 0. The van der Waals surface area contributed by atoms with Crippen molar-refractivity contribution in [2.45, 2.75) is 58.9 Å². The van der Waals surface area contributed by atoms with Gasteiger partial charge in [0, 0.05) is 39.8 Å². The van der Waals surface area contributed by atoms with Crippen LogP contribution in [0, 0.1) is 6.92 Å². The van der Waals surface area contributed by atoms with Crippen LogP contribution in [0.15, 0.2) is 77.4 Å². The zero-order valence-electron chi connectivity index (χ0n) is 20.4. The van der Waals surface area contributed by atoms with Crippen molar-refractivity contribution < 1.29 is 4.57 Å². The van der Waals surface area contributed by atoms with Crippen LogP contribution >= 0.6 is 0 Å². The third-order valence-electron chi connectivity index (χ3n) is 9.03. The molecule has 1 aliphatic heterocycles. The molecule has 7 rings (SSSR count). The first-order valence-electron chi connectivity index (χ1n) is 12.2. The second-order valence-electron chi connectivity index (χ2n) is 11.1. The minimum absolute atomic E-state index is 0.0571. The largest absolute Gasteiger partial charge is 0.219 e. The lowest BCUT2D eigenvalue weighted by molar-refractivity contribution is -0.703. The third kappa shape index (κ3) is 2.08. The fourth-order valence-corrected chi connectivity index (χ4v) is 7.12. The lowest BCUT2D eigenvalue weighted by atomic mass is 9.69. The minimum atomic E-state index is -0.178. The van der Waals surface area contributed by atoms with Gasteiger partial charge in [0.25, 0.3) is 0 Å². The summed E-state index contributed by atoms with van der Waals surface area (Å²) in [5, 5.41) is 4.19. The van der Waals surface area contributed by atoms with Crippen LogP contribution in [-0.2, 0) is 11.0 Å². The predicted molar refractivity (Wildman–Crippen MR) is 138 cm³/mol. The second kappa shape index (κ2) is 5.83. The highest BCUT2D eigenvalue weighted by atomic mass is 15.1. The summed E-state index contributed by atoms with van der Waals surface area (Å²) < 4.78 is 2.73. The molecule has 0 amide bonds. The summed E-state index contributed by atoms with van der Waals surface area (Å²) in [6.45, 7) is 14.0. The van der Waals surface area contributed by atoms with Crippen LogP contribution in [0.4, 0.5) is 0 Å². The smallest absolute Gasteiger partial charge is 0.177 e. The van der Waals surface area contributed by atoms with Gasteiger partial charge in [0.1, 0.15) is 0 Å². The highest BCUT2D eigenvalue weighted by molar-refractivity contribution is 6.05. The number of aromatic nitrogens is 1. The quantitative estimate of drug-likeness (QED) is 0.253. The van der Waals surface area contributed by atoms with Crippen molar-refractivity contribution in [3.05, 3.63) is 99.6 Å². The molecule has 0 saturated carbocycles. The van der Waals surface area contributed by atoms with Crippen molar-refractivity contribution in [3.63, 3.8) is 0 Å². The lowest BCUT2D eigenvalue weighted by Gasteiger charge is -2.32. The third-order valence-corrected chi connectivity index (χ3v) is 9.03. The Kier molecular flexibility index (Phi) is 3.41. The van der Waals surface area contributed by atoms with Crippen molar-refractivity contribution in [2.75, 3.05) is 0 Å². The van der Waals surface area contributed by atoms with E-state index in [0.29, 0.717) is 0 Å². The van der Waals surface area contributed by atoms with E-state index in [-0.39, 0.29) is 11.0 Å². The molecule has 3 aromatic carbocycles. The maximum Gasteiger partial charge on any atom is 0.219 e. The van der Waals surface area contributed by atoms with Crippen LogP contribution < -0.4 is 4.57 Å². The van der Waals surface area contributed by atoms with Crippen LogP contribution in [0.2, 0.25) is 0 Å². The predicted octanol–water partition coefficient (Wildman–Crippen LogP) is 7.64. The van der Waals surface area contributed by atoms with Gasteiger partial charge < -0.3 is 0 Å². The summed E-state index contributed by atoms with van der Waals surface area (Å²) in [6, 6.07) is 21.0. The molecule has 1 spiro atoms. The Bertz CT molecular complexity index is 1640. The van der Waals surface area contributed by atoms with Gasteiger partial charge in [-0.15, -0.1) is 0 Å². The summed E-state index contributed by atoms with van der Waals surface area (Å²) in [7, 11) is 0. The van der Waals surface area contributed by atoms with E-state index in [1.807, 2.05) is 0 Å². The molecule has 1 unspecified atom stereocenters. The molecule has 0 radical (unpaired) electrons. The Morgan fingerprint density at radius 2 is 1.61 bits per heavy atom.